The third kappa shape index (κ3) is 4.62. The van der Waals surface area contributed by atoms with Gasteiger partial charge in [-0.15, -0.1) is 0 Å². The number of hydrogen-bond donors (Lipinski definition) is 1. The van der Waals surface area contributed by atoms with Gasteiger partial charge in [-0.05, 0) is 36.8 Å². The quantitative estimate of drug-likeness (QED) is 0.916. The Morgan fingerprint density at radius 3 is 2.86 bits per heavy atom. The van der Waals surface area contributed by atoms with Crippen molar-refractivity contribution in [3.05, 3.63) is 58.3 Å². The second kappa shape index (κ2) is 7.29. The van der Waals surface area contributed by atoms with Crippen molar-refractivity contribution in [1.29, 1.82) is 0 Å². The van der Waals surface area contributed by atoms with Crippen molar-refractivity contribution in [1.82, 2.24) is 10.3 Å². The number of nitrogens with one attached hydrogen (secondary N) is 1. The molecule has 0 saturated heterocycles. The smallest absolute Gasteiger partial charge is 0.261 e. The molecule has 1 amide bonds. The van der Waals surface area contributed by atoms with E-state index < -0.39 is 6.10 Å². The van der Waals surface area contributed by atoms with E-state index in [1.165, 1.54) is 0 Å². The van der Waals surface area contributed by atoms with Gasteiger partial charge in [-0.2, -0.15) is 0 Å². The van der Waals surface area contributed by atoms with Crippen molar-refractivity contribution >= 4 is 29.1 Å². The zero-order valence-electron chi connectivity index (χ0n) is 11.3. The van der Waals surface area contributed by atoms with E-state index >= 15 is 0 Å². The molecule has 0 aliphatic heterocycles. The van der Waals surface area contributed by atoms with E-state index in [0.29, 0.717) is 22.3 Å². The molecule has 0 bridgehead atoms. The highest BCUT2D eigenvalue weighted by atomic mass is 35.5. The second-order valence-corrected chi connectivity index (χ2v) is 5.26. The summed E-state index contributed by atoms with van der Waals surface area (Å²) in [7, 11) is 0. The largest absolute Gasteiger partial charge is 0.479 e. The van der Waals surface area contributed by atoms with Gasteiger partial charge in [0.1, 0.15) is 5.75 Å². The molecular weight excluding hydrogens is 311 g/mol. The van der Waals surface area contributed by atoms with Crippen LogP contribution in [0.5, 0.6) is 5.75 Å². The van der Waals surface area contributed by atoms with Crippen molar-refractivity contribution in [2.45, 2.75) is 19.6 Å². The van der Waals surface area contributed by atoms with Crippen LogP contribution in [0.15, 0.2) is 42.7 Å². The van der Waals surface area contributed by atoms with E-state index in [9.17, 15) is 4.79 Å². The summed E-state index contributed by atoms with van der Waals surface area (Å²) in [6.45, 7) is 2.05. The van der Waals surface area contributed by atoms with Gasteiger partial charge in [-0.25, -0.2) is 0 Å². The predicted molar refractivity (Wildman–Crippen MR) is 82.6 cm³/mol. The van der Waals surface area contributed by atoms with Gasteiger partial charge in [-0.3, -0.25) is 9.78 Å². The molecule has 1 N–H and O–H groups in total. The fourth-order valence-corrected chi connectivity index (χ4v) is 2.10. The average Bonchev–Trinajstić information content (AvgIpc) is 2.48. The first-order valence-corrected chi connectivity index (χ1v) is 7.10. The molecule has 1 heterocycles. The summed E-state index contributed by atoms with van der Waals surface area (Å²) in [4.78, 5) is 16.0. The van der Waals surface area contributed by atoms with Gasteiger partial charge in [0, 0.05) is 24.0 Å². The molecule has 0 fully saturated rings. The van der Waals surface area contributed by atoms with E-state index in [-0.39, 0.29) is 5.91 Å². The molecule has 0 aliphatic rings. The first-order chi connectivity index (χ1) is 10.1. The molecule has 0 spiro atoms. The van der Waals surface area contributed by atoms with Crippen molar-refractivity contribution in [2.75, 3.05) is 0 Å². The summed E-state index contributed by atoms with van der Waals surface area (Å²) in [5.74, 6) is 0.190. The number of carbonyl (C=O) groups excluding carboxylic acids is 1. The van der Waals surface area contributed by atoms with Crippen molar-refractivity contribution in [3.8, 4) is 5.75 Å². The van der Waals surface area contributed by atoms with Gasteiger partial charge in [0.25, 0.3) is 5.91 Å². The number of amides is 1. The third-order valence-corrected chi connectivity index (χ3v) is 3.29. The summed E-state index contributed by atoms with van der Waals surface area (Å²) >= 11 is 11.8. The molecule has 21 heavy (non-hydrogen) atoms. The Morgan fingerprint density at radius 1 is 1.38 bits per heavy atom. The fraction of sp³-hybridized carbons (Fsp3) is 0.200. The molecule has 0 unspecified atom stereocenters. The van der Waals surface area contributed by atoms with Crippen LogP contribution in [-0.2, 0) is 11.3 Å². The van der Waals surface area contributed by atoms with E-state index in [1.807, 2.05) is 12.1 Å². The van der Waals surface area contributed by atoms with Crippen LogP contribution in [0, 0.1) is 0 Å². The number of pyridine rings is 1. The molecule has 0 radical (unpaired) electrons. The minimum Gasteiger partial charge on any atom is -0.479 e. The Labute approximate surface area is 133 Å². The third-order valence-electron chi connectivity index (χ3n) is 2.76. The van der Waals surface area contributed by atoms with Crippen LogP contribution in [0.1, 0.15) is 12.5 Å². The van der Waals surface area contributed by atoms with Gasteiger partial charge >= 0.3 is 0 Å². The van der Waals surface area contributed by atoms with Gasteiger partial charge in [0.15, 0.2) is 6.10 Å². The molecule has 0 aliphatic carbocycles. The molecule has 1 aromatic carbocycles. The van der Waals surface area contributed by atoms with Crippen molar-refractivity contribution in [3.63, 3.8) is 0 Å². The molecule has 1 aromatic heterocycles. The number of carbonyl (C=O) groups is 1. The number of ether oxygens (including phenoxy) is 1. The van der Waals surface area contributed by atoms with E-state index in [1.54, 1.807) is 37.5 Å². The molecule has 6 heteroatoms. The highest BCUT2D eigenvalue weighted by molar-refractivity contribution is 6.35. The maximum absolute atomic E-state index is 12.0. The number of hydrogen-bond acceptors (Lipinski definition) is 3. The molecular formula is C15H14Cl2N2O2. The van der Waals surface area contributed by atoms with Gasteiger partial charge in [0.2, 0.25) is 0 Å². The average molecular weight is 325 g/mol. The second-order valence-electron chi connectivity index (χ2n) is 4.41. The highest BCUT2D eigenvalue weighted by Crippen LogP contribution is 2.28. The van der Waals surface area contributed by atoms with Crippen LogP contribution < -0.4 is 10.1 Å². The fourth-order valence-electron chi connectivity index (χ4n) is 1.65. The lowest BCUT2D eigenvalue weighted by atomic mass is 10.2. The van der Waals surface area contributed by atoms with Gasteiger partial charge in [-0.1, -0.05) is 29.3 Å². The van der Waals surface area contributed by atoms with E-state index in [2.05, 4.69) is 10.3 Å². The molecule has 4 nitrogen and oxygen atoms in total. The van der Waals surface area contributed by atoms with E-state index in [4.69, 9.17) is 27.9 Å². The molecule has 2 aromatic rings. The maximum atomic E-state index is 12.0. The summed E-state index contributed by atoms with van der Waals surface area (Å²) < 4.78 is 5.53. The van der Waals surface area contributed by atoms with Gasteiger partial charge < -0.3 is 10.1 Å². The lowest BCUT2D eigenvalue weighted by Gasteiger charge is -2.15. The Bertz CT molecular complexity index is 620. The normalized spacial score (nSPS) is 11.8. The Morgan fingerprint density at radius 2 is 2.19 bits per heavy atom. The Kier molecular flexibility index (Phi) is 5.42. The topological polar surface area (TPSA) is 51.2 Å². The van der Waals surface area contributed by atoms with Crippen LogP contribution in [-0.4, -0.2) is 17.0 Å². The highest BCUT2D eigenvalue weighted by Gasteiger charge is 2.15. The van der Waals surface area contributed by atoms with Crippen molar-refractivity contribution < 1.29 is 9.53 Å². The zero-order chi connectivity index (χ0) is 15.2. The van der Waals surface area contributed by atoms with Crippen LogP contribution in [0.25, 0.3) is 0 Å². The summed E-state index contributed by atoms with van der Waals surface area (Å²) in [6.07, 6.45) is 2.71. The van der Waals surface area contributed by atoms with E-state index in [0.717, 1.165) is 5.56 Å². The Hall–Kier alpha value is -1.78. The van der Waals surface area contributed by atoms with Crippen molar-refractivity contribution in [2.24, 2.45) is 0 Å². The lowest BCUT2D eigenvalue weighted by Crippen LogP contribution is -2.35. The maximum Gasteiger partial charge on any atom is 0.261 e. The number of aromatic nitrogens is 1. The zero-order valence-corrected chi connectivity index (χ0v) is 12.9. The SMILES string of the molecule is C[C@@H](Oc1ccc(Cl)cc1Cl)C(=O)NCc1cccnc1. The number of nitrogens with zero attached hydrogens (tertiary/aromatic N) is 1. The predicted octanol–water partition coefficient (Wildman–Crippen LogP) is 3.47. The minimum atomic E-state index is -0.666. The van der Waals surface area contributed by atoms with Crippen LogP contribution in [0.3, 0.4) is 0 Å². The molecule has 2 rings (SSSR count). The molecule has 110 valence electrons. The van der Waals surface area contributed by atoms with Gasteiger partial charge in [0.05, 0.1) is 5.02 Å². The summed E-state index contributed by atoms with van der Waals surface area (Å²) in [5.41, 5.74) is 0.919. The lowest BCUT2D eigenvalue weighted by molar-refractivity contribution is -0.127. The first kappa shape index (κ1) is 15.6. The van der Waals surface area contributed by atoms with Crippen LogP contribution in [0.4, 0.5) is 0 Å². The number of benzene rings is 1. The Balaban J connectivity index is 1.90. The standard InChI is InChI=1S/C15H14Cl2N2O2/c1-10(21-14-5-4-12(16)7-13(14)17)15(20)19-9-11-3-2-6-18-8-11/h2-8,10H,9H2,1H3,(H,19,20)/t10-/m1/s1. The minimum absolute atomic E-state index is 0.232. The number of rotatable bonds is 5. The van der Waals surface area contributed by atoms with Crippen LogP contribution >= 0.6 is 23.2 Å². The number of halogens is 2. The van der Waals surface area contributed by atoms with Crippen LogP contribution in [0.2, 0.25) is 10.0 Å². The molecule has 0 saturated carbocycles. The summed E-state index contributed by atoms with van der Waals surface area (Å²) in [6, 6.07) is 8.56. The monoisotopic (exact) mass is 324 g/mol. The summed E-state index contributed by atoms with van der Waals surface area (Å²) in [5, 5.41) is 3.66. The first-order valence-electron chi connectivity index (χ1n) is 6.34. The molecule has 1 atom stereocenters.